The first-order valence-electron chi connectivity index (χ1n) is 11.6. The number of phenols is 1. The molecule has 1 heteroatoms. The molecule has 1 aromatic rings. The highest BCUT2D eigenvalue weighted by atomic mass is 16.3. The molecule has 0 heterocycles. The van der Waals surface area contributed by atoms with Crippen LogP contribution in [-0.2, 0) is 19.3 Å². The second kappa shape index (κ2) is 15.1. The van der Waals surface area contributed by atoms with E-state index in [4.69, 9.17) is 0 Å². The van der Waals surface area contributed by atoms with E-state index in [-0.39, 0.29) is 0 Å². The molecule has 0 aliphatic heterocycles. The van der Waals surface area contributed by atoms with Crippen molar-refractivity contribution in [3.8, 4) is 5.75 Å². The lowest BCUT2D eigenvalue weighted by molar-refractivity contribution is 0.464. The fourth-order valence-corrected chi connectivity index (χ4v) is 3.93. The molecule has 0 spiro atoms. The molecule has 0 fully saturated rings. The second-order valence-corrected chi connectivity index (χ2v) is 7.99. The molecule has 0 bridgehead atoms. The highest BCUT2D eigenvalue weighted by Crippen LogP contribution is 2.29. The van der Waals surface area contributed by atoms with Gasteiger partial charge < -0.3 is 5.11 Å². The van der Waals surface area contributed by atoms with Crippen molar-refractivity contribution in [2.75, 3.05) is 0 Å². The summed E-state index contributed by atoms with van der Waals surface area (Å²) < 4.78 is 0. The zero-order valence-electron chi connectivity index (χ0n) is 17.9. The summed E-state index contributed by atoms with van der Waals surface area (Å²) in [5, 5.41) is 10.5. The van der Waals surface area contributed by atoms with Crippen LogP contribution in [0.25, 0.3) is 0 Å². The predicted molar refractivity (Wildman–Crippen MR) is 116 cm³/mol. The summed E-state index contributed by atoms with van der Waals surface area (Å²) in [6.07, 6.45) is 20.4. The Bertz CT molecular complexity index is 463. The van der Waals surface area contributed by atoms with Gasteiger partial charge in [0.1, 0.15) is 5.75 Å². The van der Waals surface area contributed by atoms with E-state index in [1.54, 1.807) is 0 Å². The van der Waals surface area contributed by atoms with Gasteiger partial charge in [0.25, 0.3) is 0 Å². The van der Waals surface area contributed by atoms with Gasteiger partial charge in [-0.1, -0.05) is 91.0 Å². The van der Waals surface area contributed by atoms with Crippen LogP contribution in [0.2, 0.25) is 0 Å². The number of aryl methyl sites for hydroxylation is 1. The van der Waals surface area contributed by atoms with Crippen molar-refractivity contribution in [1.29, 1.82) is 0 Å². The SMILES string of the molecule is CCCCCCCc1ccc(O)c(CCCCC)c1CCCCCCC. The van der Waals surface area contributed by atoms with Crippen LogP contribution in [0.1, 0.15) is 121 Å². The molecule has 0 aliphatic rings. The van der Waals surface area contributed by atoms with Crippen molar-refractivity contribution in [3.63, 3.8) is 0 Å². The molecule has 1 N–H and O–H groups in total. The zero-order valence-corrected chi connectivity index (χ0v) is 17.9. The molecule has 1 nitrogen and oxygen atoms in total. The third-order valence-corrected chi connectivity index (χ3v) is 5.61. The number of phenolic OH excluding ortho intramolecular Hbond substituents is 1. The Balaban J connectivity index is 2.75. The van der Waals surface area contributed by atoms with Gasteiger partial charge in [-0.25, -0.2) is 0 Å². The number of rotatable bonds is 16. The lowest BCUT2D eigenvalue weighted by atomic mass is 9.89. The molecule has 0 atom stereocenters. The van der Waals surface area contributed by atoms with Crippen LogP contribution in [0, 0.1) is 0 Å². The largest absolute Gasteiger partial charge is 0.508 e. The Hall–Kier alpha value is -0.980. The molecule has 0 saturated carbocycles. The fraction of sp³-hybridized carbons (Fsp3) is 0.760. The predicted octanol–water partition coefficient (Wildman–Crippen LogP) is 8.15. The Labute approximate surface area is 163 Å². The third-order valence-electron chi connectivity index (χ3n) is 5.61. The van der Waals surface area contributed by atoms with E-state index < -0.39 is 0 Å². The molecule has 26 heavy (non-hydrogen) atoms. The van der Waals surface area contributed by atoms with Gasteiger partial charge in [-0.15, -0.1) is 0 Å². The smallest absolute Gasteiger partial charge is 0.119 e. The minimum Gasteiger partial charge on any atom is -0.508 e. The molecular weight excluding hydrogens is 316 g/mol. The number of benzene rings is 1. The van der Waals surface area contributed by atoms with E-state index in [0.29, 0.717) is 5.75 Å². The van der Waals surface area contributed by atoms with E-state index in [2.05, 4.69) is 26.8 Å². The molecule has 0 amide bonds. The average Bonchev–Trinajstić information content (AvgIpc) is 2.64. The van der Waals surface area contributed by atoms with Crippen LogP contribution in [0.3, 0.4) is 0 Å². The van der Waals surface area contributed by atoms with Crippen LogP contribution in [0.15, 0.2) is 12.1 Å². The highest BCUT2D eigenvalue weighted by Gasteiger charge is 2.13. The molecular formula is C25H44O. The number of hydrogen-bond acceptors (Lipinski definition) is 1. The van der Waals surface area contributed by atoms with E-state index in [1.165, 1.54) is 107 Å². The van der Waals surface area contributed by atoms with E-state index in [0.717, 1.165) is 12.8 Å². The topological polar surface area (TPSA) is 20.2 Å². The normalized spacial score (nSPS) is 11.2. The van der Waals surface area contributed by atoms with Gasteiger partial charge in [0.15, 0.2) is 0 Å². The standard InChI is InChI=1S/C25H44O/c1-4-7-10-12-15-17-22-20-21-25(26)24(19-14-9-6-3)23(22)18-16-13-11-8-5-2/h20-21,26H,4-19H2,1-3H3. The lowest BCUT2D eigenvalue weighted by Crippen LogP contribution is -2.02. The summed E-state index contributed by atoms with van der Waals surface area (Å²) in [5.41, 5.74) is 4.27. The van der Waals surface area contributed by atoms with E-state index >= 15 is 0 Å². The molecule has 1 rings (SSSR count). The van der Waals surface area contributed by atoms with Gasteiger partial charge in [0, 0.05) is 0 Å². The molecule has 150 valence electrons. The summed E-state index contributed by atoms with van der Waals surface area (Å²) in [6.45, 7) is 6.80. The van der Waals surface area contributed by atoms with E-state index in [9.17, 15) is 5.11 Å². The Morgan fingerprint density at radius 2 is 1.00 bits per heavy atom. The maximum Gasteiger partial charge on any atom is 0.119 e. The van der Waals surface area contributed by atoms with Crippen molar-refractivity contribution in [2.24, 2.45) is 0 Å². The number of unbranched alkanes of at least 4 members (excludes halogenated alkanes) is 10. The zero-order chi connectivity index (χ0) is 19.0. The first-order valence-corrected chi connectivity index (χ1v) is 11.6. The summed E-state index contributed by atoms with van der Waals surface area (Å²) in [6, 6.07) is 4.17. The minimum atomic E-state index is 0.541. The van der Waals surface area contributed by atoms with Crippen LogP contribution in [-0.4, -0.2) is 5.11 Å². The van der Waals surface area contributed by atoms with E-state index in [1.807, 2.05) is 6.07 Å². The Kier molecular flexibility index (Phi) is 13.4. The molecule has 0 unspecified atom stereocenters. The van der Waals surface area contributed by atoms with Crippen LogP contribution >= 0.6 is 0 Å². The van der Waals surface area contributed by atoms with Crippen LogP contribution in [0.5, 0.6) is 5.75 Å². The van der Waals surface area contributed by atoms with Gasteiger partial charge >= 0.3 is 0 Å². The maximum absolute atomic E-state index is 10.5. The molecule has 0 aliphatic carbocycles. The summed E-state index contributed by atoms with van der Waals surface area (Å²) >= 11 is 0. The second-order valence-electron chi connectivity index (χ2n) is 7.99. The molecule has 1 aromatic carbocycles. The molecule has 0 saturated heterocycles. The fourth-order valence-electron chi connectivity index (χ4n) is 3.93. The summed E-state index contributed by atoms with van der Waals surface area (Å²) in [4.78, 5) is 0. The first kappa shape index (κ1) is 23.1. The van der Waals surface area contributed by atoms with Crippen molar-refractivity contribution in [3.05, 3.63) is 28.8 Å². The Morgan fingerprint density at radius 3 is 1.62 bits per heavy atom. The summed E-state index contributed by atoms with van der Waals surface area (Å²) in [5.74, 6) is 0.541. The quantitative estimate of drug-likeness (QED) is 0.295. The van der Waals surface area contributed by atoms with Crippen LogP contribution in [0.4, 0.5) is 0 Å². The van der Waals surface area contributed by atoms with Crippen molar-refractivity contribution in [1.82, 2.24) is 0 Å². The average molecular weight is 361 g/mol. The van der Waals surface area contributed by atoms with Gasteiger partial charge in [0.2, 0.25) is 0 Å². The summed E-state index contributed by atoms with van der Waals surface area (Å²) in [7, 11) is 0. The number of aromatic hydroxyl groups is 1. The molecule has 0 aromatic heterocycles. The molecule has 0 radical (unpaired) electrons. The van der Waals surface area contributed by atoms with Gasteiger partial charge in [-0.3, -0.25) is 0 Å². The van der Waals surface area contributed by atoms with Crippen molar-refractivity contribution >= 4 is 0 Å². The minimum absolute atomic E-state index is 0.541. The monoisotopic (exact) mass is 360 g/mol. The third kappa shape index (κ3) is 9.10. The van der Waals surface area contributed by atoms with Crippen molar-refractivity contribution < 1.29 is 5.11 Å². The Morgan fingerprint density at radius 1 is 0.538 bits per heavy atom. The number of hydrogen-bond donors (Lipinski definition) is 1. The van der Waals surface area contributed by atoms with Gasteiger partial charge in [0.05, 0.1) is 0 Å². The van der Waals surface area contributed by atoms with Crippen molar-refractivity contribution in [2.45, 2.75) is 124 Å². The van der Waals surface area contributed by atoms with Crippen LogP contribution < -0.4 is 0 Å². The lowest BCUT2D eigenvalue weighted by Gasteiger charge is -2.17. The van der Waals surface area contributed by atoms with Gasteiger partial charge in [-0.05, 0) is 61.3 Å². The first-order chi connectivity index (χ1) is 12.7. The maximum atomic E-state index is 10.5. The highest BCUT2D eigenvalue weighted by molar-refractivity contribution is 5.45. The van der Waals surface area contributed by atoms with Gasteiger partial charge in [-0.2, -0.15) is 0 Å².